The van der Waals surface area contributed by atoms with E-state index < -0.39 is 21.5 Å². The lowest BCUT2D eigenvalue weighted by atomic mass is 10.2. The molecule has 1 amide bonds. The standard InChI is InChI=1S/C24H21ClN4O4S/c1-16-22(24(31)29(28(16)2)20-9-4-3-5-10-20)27-34(32,33)21-13-11-17(12-14-21)23(30)26-19-8-6-7-18(25)15-19/h3-15,27H,1-2H3,(H,26,30). The molecule has 0 radical (unpaired) electrons. The molecule has 0 aliphatic rings. The minimum absolute atomic E-state index is 0.0471. The molecule has 0 spiro atoms. The van der Waals surface area contributed by atoms with Crippen LogP contribution in [-0.2, 0) is 17.1 Å². The molecule has 1 heterocycles. The number of nitrogens with one attached hydrogen (secondary N) is 2. The summed E-state index contributed by atoms with van der Waals surface area (Å²) in [6.45, 7) is 1.65. The highest BCUT2D eigenvalue weighted by Gasteiger charge is 2.22. The molecule has 34 heavy (non-hydrogen) atoms. The van der Waals surface area contributed by atoms with E-state index in [9.17, 15) is 18.0 Å². The summed E-state index contributed by atoms with van der Waals surface area (Å²) in [5.74, 6) is -0.413. The number of benzene rings is 3. The summed E-state index contributed by atoms with van der Waals surface area (Å²) in [7, 11) is -2.40. The quantitative estimate of drug-likeness (QED) is 0.418. The van der Waals surface area contributed by atoms with Gasteiger partial charge in [-0.3, -0.25) is 19.0 Å². The van der Waals surface area contributed by atoms with Crippen molar-refractivity contribution in [2.45, 2.75) is 11.8 Å². The van der Waals surface area contributed by atoms with Crippen molar-refractivity contribution in [2.24, 2.45) is 7.05 Å². The van der Waals surface area contributed by atoms with Gasteiger partial charge in [0.2, 0.25) is 0 Å². The van der Waals surface area contributed by atoms with Gasteiger partial charge in [-0.25, -0.2) is 13.1 Å². The Bertz CT molecular complexity index is 1530. The predicted octanol–water partition coefficient (Wildman–Crippen LogP) is 4.19. The molecule has 0 fully saturated rings. The number of rotatable bonds is 6. The first-order chi connectivity index (χ1) is 16.2. The van der Waals surface area contributed by atoms with Gasteiger partial charge in [-0.1, -0.05) is 35.9 Å². The molecule has 0 aliphatic heterocycles. The van der Waals surface area contributed by atoms with Gasteiger partial charge in [0.1, 0.15) is 5.69 Å². The lowest BCUT2D eigenvalue weighted by Crippen LogP contribution is -2.23. The molecule has 0 saturated heterocycles. The number of anilines is 2. The van der Waals surface area contributed by atoms with Gasteiger partial charge in [-0.05, 0) is 61.5 Å². The zero-order valence-corrected chi connectivity index (χ0v) is 19.9. The molecule has 3 aromatic carbocycles. The Kier molecular flexibility index (Phi) is 6.32. The Labute approximate surface area is 201 Å². The van der Waals surface area contributed by atoms with Crippen molar-refractivity contribution < 1.29 is 13.2 Å². The molecule has 4 rings (SSSR count). The molecule has 8 nitrogen and oxygen atoms in total. The molecule has 0 saturated carbocycles. The van der Waals surface area contributed by atoms with E-state index in [0.717, 1.165) is 0 Å². The number of para-hydroxylation sites is 1. The number of carbonyl (C=O) groups is 1. The van der Waals surface area contributed by atoms with Crippen LogP contribution in [-0.4, -0.2) is 23.7 Å². The second-order valence-electron chi connectivity index (χ2n) is 7.53. The highest BCUT2D eigenvalue weighted by atomic mass is 35.5. The summed E-state index contributed by atoms with van der Waals surface area (Å²) >= 11 is 5.93. The van der Waals surface area contributed by atoms with E-state index in [1.165, 1.54) is 28.9 Å². The van der Waals surface area contributed by atoms with Crippen LogP contribution in [0.3, 0.4) is 0 Å². The third kappa shape index (κ3) is 4.61. The van der Waals surface area contributed by atoms with E-state index in [-0.39, 0.29) is 16.1 Å². The van der Waals surface area contributed by atoms with Crippen molar-refractivity contribution in [2.75, 3.05) is 10.0 Å². The van der Waals surface area contributed by atoms with E-state index in [2.05, 4.69) is 10.0 Å². The van der Waals surface area contributed by atoms with Gasteiger partial charge in [-0.15, -0.1) is 0 Å². The van der Waals surface area contributed by atoms with Crippen molar-refractivity contribution in [1.29, 1.82) is 0 Å². The van der Waals surface area contributed by atoms with Gasteiger partial charge in [0.05, 0.1) is 16.3 Å². The molecular weight excluding hydrogens is 476 g/mol. The fourth-order valence-electron chi connectivity index (χ4n) is 3.43. The summed E-state index contributed by atoms with van der Waals surface area (Å²) in [4.78, 5) is 25.4. The van der Waals surface area contributed by atoms with Crippen molar-refractivity contribution in [1.82, 2.24) is 9.36 Å². The number of carbonyl (C=O) groups excluding carboxylic acids is 1. The molecule has 0 atom stereocenters. The summed E-state index contributed by atoms with van der Waals surface area (Å²) in [6.07, 6.45) is 0. The molecule has 0 aliphatic carbocycles. The Morgan fingerprint density at radius 3 is 2.26 bits per heavy atom. The second-order valence-corrected chi connectivity index (χ2v) is 9.65. The topological polar surface area (TPSA) is 102 Å². The van der Waals surface area contributed by atoms with Crippen LogP contribution in [0.25, 0.3) is 5.69 Å². The summed E-state index contributed by atoms with van der Waals surface area (Å²) in [5, 5.41) is 3.18. The highest BCUT2D eigenvalue weighted by molar-refractivity contribution is 7.92. The maximum atomic E-state index is 13.0. The smallest absolute Gasteiger partial charge is 0.296 e. The minimum Gasteiger partial charge on any atom is -0.322 e. The molecule has 4 aromatic rings. The van der Waals surface area contributed by atoms with Crippen LogP contribution in [0.15, 0.2) is 88.6 Å². The number of aromatic nitrogens is 2. The SMILES string of the molecule is Cc1c(NS(=O)(=O)c2ccc(C(=O)Nc3cccc(Cl)c3)cc2)c(=O)n(-c2ccccc2)n1C. The van der Waals surface area contributed by atoms with E-state index in [4.69, 9.17) is 11.6 Å². The number of nitrogens with zero attached hydrogens (tertiary/aromatic N) is 2. The second kappa shape index (κ2) is 9.20. The number of hydrogen-bond donors (Lipinski definition) is 2. The van der Waals surface area contributed by atoms with Crippen LogP contribution in [0.1, 0.15) is 16.1 Å². The fourth-order valence-corrected chi connectivity index (χ4v) is 4.74. The third-order valence-corrected chi connectivity index (χ3v) is 6.90. The normalized spacial score (nSPS) is 11.3. The summed E-state index contributed by atoms with van der Waals surface area (Å²) < 4.78 is 31.3. The molecule has 174 valence electrons. The zero-order valence-electron chi connectivity index (χ0n) is 18.3. The van der Waals surface area contributed by atoms with E-state index >= 15 is 0 Å². The first kappa shape index (κ1) is 23.3. The molecule has 10 heteroatoms. The van der Waals surface area contributed by atoms with Crippen LogP contribution in [0.4, 0.5) is 11.4 Å². The Hall–Kier alpha value is -3.82. The van der Waals surface area contributed by atoms with Gasteiger partial charge < -0.3 is 5.32 Å². The lowest BCUT2D eigenvalue weighted by Gasteiger charge is -2.09. The number of halogens is 1. The molecule has 0 unspecified atom stereocenters. The van der Waals surface area contributed by atoms with E-state index in [1.807, 2.05) is 6.07 Å². The monoisotopic (exact) mass is 496 g/mol. The van der Waals surface area contributed by atoms with E-state index in [0.29, 0.717) is 22.1 Å². The van der Waals surface area contributed by atoms with Gasteiger partial charge in [-0.2, -0.15) is 0 Å². The number of hydrogen-bond acceptors (Lipinski definition) is 4. The van der Waals surface area contributed by atoms with Crippen LogP contribution < -0.4 is 15.6 Å². The summed E-state index contributed by atoms with van der Waals surface area (Å²) in [6, 6.07) is 21.0. The lowest BCUT2D eigenvalue weighted by molar-refractivity contribution is 0.102. The van der Waals surface area contributed by atoms with Crippen LogP contribution in [0, 0.1) is 6.92 Å². The van der Waals surface area contributed by atoms with Gasteiger partial charge in [0.15, 0.2) is 0 Å². The number of amides is 1. The average Bonchev–Trinajstić information content (AvgIpc) is 3.02. The van der Waals surface area contributed by atoms with Gasteiger partial charge >= 0.3 is 0 Å². The largest absolute Gasteiger partial charge is 0.322 e. The third-order valence-electron chi connectivity index (χ3n) is 5.30. The Morgan fingerprint density at radius 1 is 0.941 bits per heavy atom. The summed E-state index contributed by atoms with van der Waals surface area (Å²) in [5.41, 5.74) is 1.31. The van der Waals surface area contributed by atoms with E-state index in [1.54, 1.807) is 67.2 Å². The Morgan fingerprint density at radius 2 is 1.62 bits per heavy atom. The average molecular weight is 497 g/mol. The zero-order chi connectivity index (χ0) is 24.5. The van der Waals surface area contributed by atoms with Crippen LogP contribution >= 0.6 is 11.6 Å². The highest BCUT2D eigenvalue weighted by Crippen LogP contribution is 2.20. The first-order valence-corrected chi connectivity index (χ1v) is 12.1. The van der Waals surface area contributed by atoms with Crippen LogP contribution in [0.5, 0.6) is 0 Å². The fraction of sp³-hybridized carbons (Fsp3) is 0.0833. The Balaban J connectivity index is 1.58. The van der Waals surface area contributed by atoms with Crippen molar-refractivity contribution >= 4 is 38.9 Å². The number of sulfonamides is 1. The molecule has 2 N–H and O–H groups in total. The molecule has 0 bridgehead atoms. The van der Waals surface area contributed by atoms with Gasteiger partial charge in [0, 0.05) is 23.3 Å². The minimum atomic E-state index is -4.08. The predicted molar refractivity (Wildman–Crippen MR) is 132 cm³/mol. The molecule has 1 aromatic heterocycles. The van der Waals surface area contributed by atoms with Gasteiger partial charge in [0.25, 0.3) is 21.5 Å². The molecular formula is C24H21ClN4O4S. The van der Waals surface area contributed by atoms with Crippen molar-refractivity contribution in [3.63, 3.8) is 0 Å². The van der Waals surface area contributed by atoms with Crippen molar-refractivity contribution in [3.05, 3.63) is 105 Å². The maximum absolute atomic E-state index is 13.0. The van der Waals surface area contributed by atoms with Crippen LogP contribution in [0.2, 0.25) is 5.02 Å². The van der Waals surface area contributed by atoms with Crippen molar-refractivity contribution in [3.8, 4) is 5.69 Å². The maximum Gasteiger partial charge on any atom is 0.296 e. The first-order valence-electron chi connectivity index (χ1n) is 10.2.